The first-order valence-corrected chi connectivity index (χ1v) is 7.21. The molecule has 0 unspecified atom stereocenters. The van der Waals surface area contributed by atoms with Crippen LogP contribution in [-0.2, 0) is 11.2 Å². The fraction of sp³-hybridized carbons (Fsp3) is 0.176. The highest BCUT2D eigenvalue weighted by Gasteiger charge is 2.08. The van der Waals surface area contributed by atoms with Crippen LogP contribution in [-0.4, -0.2) is 10.9 Å². The fourth-order valence-corrected chi connectivity index (χ4v) is 2.32. The van der Waals surface area contributed by atoms with E-state index >= 15 is 0 Å². The second kappa shape index (κ2) is 6.99. The first kappa shape index (κ1) is 15.2. The van der Waals surface area contributed by atoms with Crippen molar-refractivity contribution in [1.29, 1.82) is 0 Å². The summed E-state index contributed by atoms with van der Waals surface area (Å²) in [5.74, 6) is -0.0415. The first-order chi connectivity index (χ1) is 10.1. The molecule has 0 aromatic heterocycles. The summed E-state index contributed by atoms with van der Waals surface area (Å²) in [6.45, 7) is 2.04. The van der Waals surface area contributed by atoms with Crippen molar-refractivity contribution in [1.82, 2.24) is 0 Å². The van der Waals surface area contributed by atoms with Crippen molar-refractivity contribution >= 4 is 28.8 Å². The van der Waals surface area contributed by atoms with Gasteiger partial charge in [-0.05, 0) is 31.0 Å². The van der Waals surface area contributed by atoms with Crippen molar-refractivity contribution in [3.05, 3.63) is 65.2 Å². The van der Waals surface area contributed by atoms with E-state index in [4.69, 9.17) is 18.0 Å². The van der Waals surface area contributed by atoms with E-state index in [1.54, 1.807) is 12.1 Å². The Balaban J connectivity index is 1.98. The maximum absolute atomic E-state index is 12.1. The summed E-state index contributed by atoms with van der Waals surface area (Å²) in [4.78, 5) is 12.3. The molecule has 3 N–H and O–H groups in total. The van der Waals surface area contributed by atoms with E-state index in [0.717, 1.165) is 5.56 Å². The minimum Gasteiger partial charge on any atom is -0.389 e. The Morgan fingerprint density at radius 3 is 2.67 bits per heavy atom. The van der Waals surface area contributed by atoms with Gasteiger partial charge in [-0.15, -0.1) is 0 Å². The standard InChI is InChI=1S/C17H18N2OS/c1-12-5-4-6-13(11-12)9-10-16(20)19-15-8-3-2-7-14(15)17(18)21/h2-8,11H,9-10H2,1H3,(H2,18,21)(H,19,20). The molecule has 0 spiro atoms. The quantitative estimate of drug-likeness (QED) is 0.833. The topological polar surface area (TPSA) is 55.1 Å². The Morgan fingerprint density at radius 2 is 1.95 bits per heavy atom. The highest BCUT2D eigenvalue weighted by molar-refractivity contribution is 7.80. The molecule has 2 rings (SSSR count). The van der Waals surface area contributed by atoms with Gasteiger partial charge in [0.1, 0.15) is 4.99 Å². The van der Waals surface area contributed by atoms with Gasteiger partial charge in [-0.2, -0.15) is 0 Å². The third-order valence-corrected chi connectivity index (χ3v) is 3.41. The average molecular weight is 298 g/mol. The van der Waals surface area contributed by atoms with Gasteiger partial charge < -0.3 is 11.1 Å². The molecule has 0 atom stereocenters. The molecule has 108 valence electrons. The number of rotatable bonds is 5. The van der Waals surface area contributed by atoms with Crippen LogP contribution in [0.25, 0.3) is 0 Å². The van der Waals surface area contributed by atoms with E-state index in [1.165, 1.54) is 5.56 Å². The van der Waals surface area contributed by atoms with Crippen molar-refractivity contribution in [2.75, 3.05) is 5.32 Å². The van der Waals surface area contributed by atoms with Crippen molar-refractivity contribution < 1.29 is 4.79 Å². The molecule has 4 heteroatoms. The molecule has 0 saturated heterocycles. The zero-order chi connectivity index (χ0) is 15.2. The zero-order valence-corrected chi connectivity index (χ0v) is 12.7. The van der Waals surface area contributed by atoms with Gasteiger partial charge in [0.15, 0.2) is 0 Å². The number of hydrogen-bond donors (Lipinski definition) is 2. The minimum atomic E-state index is -0.0415. The number of thiocarbonyl (C=S) groups is 1. The zero-order valence-electron chi connectivity index (χ0n) is 11.9. The molecule has 2 aromatic rings. The molecular weight excluding hydrogens is 280 g/mol. The van der Waals surface area contributed by atoms with Gasteiger partial charge in [0.05, 0.1) is 5.69 Å². The van der Waals surface area contributed by atoms with Crippen LogP contribution < -0.4 is 11.1 Å². The smallest absolute Gasteiger partial charge is 0.224 e. The lowest BCUT2D eigenvalue weighted by Gasteiger charge is -2.10. The minimum absolute atomic E-state index is 0.0415. The fourth-order valence-electron chi connectivity index (χ4n) is 2.15. The Bertz CT molecular complexity index is 667. The van der Waals surface area contributed by atoms with Crippen LogP contribution in [0.1, 0.15) is 23.1 Å². The summed E-state index contributed by atoms with van der Waals surface area (Å²) in [5.41, 5.74) is 9.37. The number of para-hydroxylation sites is 1. The van der Waals surface area contributed by atoms with Gasteiger partial charge in [-0.25, -0.2) is 0 Å². The Hall–Kier alpha value is -2.20. The van der Waals surface area contributed by atoms with Gasteiger partial charge in [0.2, 0.25) is 5.91 Å². The largest absolute Gasteiger partial charge is 0.389 e. The summed E-state index contributed by atoms with van der Waals surface area (Å²) in [5, 5.41) is 2.87. The monoisotopic (exact) mass is 298 g/mol. The third-order valence-electron chi connectivity index (χ3n) is 3.19. The maximum Gasteiger partial charge on any atom is 0.224 e. The second-order valence-electron chi connectivity index (χ2n) is 4.95. The summed E-state index contributed by atoms with van der Waals surface area (Å²) < 4.78 is 0. The number of carbonyl (C=O) groups is 1. The predicted octanol–water partition coefficient (Wildman–Crippen LogP) is 3.20. The van der Waals surface area contributed by atoms with Gasteiger partial charge in [0.25, 0.3) is 0 Å². The van der Waals surface area contributed by atoms with E-state index in [9.17, 15) is 4.79 Å². The van der Waals surface area contributed by atoms with Gasteiger partial charge in [-0.3, -0.25) is 4.79 Å². The van der Waals surface area contributed by atoms with Crippen LogP contribution in [0.2, 0.25) is 0 Å². The van der Waals surface area contributed by atoms with Gasteiger partial charge in [-0.1, -0.05) is 54.2 Å². The van der Waals surface area contributed by atoms with Crippen LogP contribution in [0, 0.1) is 6.92 Å². The van der Waals surface area contributed by atoms with Crippen LogP contribution in [0.5, 0.6) is 0 Å². The SMILES string of the molecule is Cc1cccc(CCC(=O)Nc2ccccc2C(N)=S)c1. The van der Waals surface area contributed by atoms with Crippen molar-refractivity contribution in [3.8, 4) is 0 Å². The lowest BCUT2D eigenvalue weighted by atomic mass is 10.1. The summed E-state index contributed by atoms with van der Waals surface area (Å²) in [6.07, 6.45) is 1.14. The lowest BCUT2D eigenvalue weighted by Crippen LogP contribution is -2.17. The number of nitrogens with two attached hydrogens (primary N) is 1. The van der Waals surface area contributed by atoms with Gasteiger partial charge >= 0.3 is 0 Å². The molecule has 0 aliphatic rings. The number of benzene rings is 2. The number of carbonyl (C=O) groups excluding carboxylic acids is 1. The first-order valence-electron chi connectivity index (χ1n) is 6.80. The van der Waals surface area contributed by atoms with Gasteiger partial charge in [0, 0.05) is 12.0 Å². The third kappa shape index (κ3) is 4.39. The molecule has 0 bridgehead atoms. The lowest BCUT2D eigenvalue weighted by molar-refractivity contribution is -0.116. The molecular formula is C17H18N2OS. The summed E-state index contributed by atoms with van der Waals surface area (Å²) in [7, 11) is 0. The van der Waals surface area contributed by atoms with Crippen molar-refractivity contribution in [2.45, 2.75) is 19.8 Å². The normalized spacial score (nSPS) is 10.1. The highest BCUT2D eigenvalue weighted by atomic mass is 32.1. The van der Waals surface area contributed by atoms with Crippen LogP contribution in [0.15, 0.2) is 48.5 Å². The molecule has 0 fully saturated rings. The van der Waals surface area contributed by atoms with Crippen LogP contribution in [0.4, 0.5) is 5.69 Å². The molecule has 1 amide bonds. The Kier molecular flexibility index (Phi) is 5.06. The molecule has 3 nitrogen and oxygen atoms in total. The van der Waals surface area contributed by atoms with Crippen molar-refractivity contribution in [2.24, 2.45) is 5.73 Å². The molecule has 0 heterocycles. The Labute approximate surface area is 130 Å². The van der Waals surface area contributed by atoms with Crippen LogP contribution in [0.3, 0.4) is 0 Å². The van der Waals surface area contributed by atoms with Crippen molar-refractivity contribution in [3.63, 3.8) is 0 Å². The van der Waals surface area contributed by atoms with E-state index in [-0.39, 0.29) is 10.9 Å². The summed E-state index contributed by atoms with van der Waals surface area (Å²) in [6, 6.07) is 15.5. The number of anilines is 1. The van der Waals surface area contributed by atoms with E-state index in [0.29, 0.717) is 24.1 Å². The maximum atomic E-state index is 12.1. The number of amides is 1. The Morgan fingerprint density at radius 1 is 1.19 bits per heavy atom. The highest BCUT2D eigenvalue weighted by Crippen LogP contribution is 2.15. The van der Waals surface area contributed by atoms with E-state index < -0.39 is 0 Å². The number of nitrogens with one attached hydrogen (secondary N) is 1. The van der Waals surface area contributed by atoms with E-state index in [2.05, 4.69) is 11.4 Å². The summed E-state index contributed by atoms with van der Waals surface area (Å²) >= 11 is 4.98. The molecule has 21 heavy (non-hydrogen) atoms. The number of hydrogen-bond acceptors (Lipinski definition) is 2. The molecule has 0 radical (unpaired) electrons. The molecule has 0 aliphatic heterocycles. The molecule has 0 aliphatic carbocycles. The number of aryl methyl sites for hydroxylation is 2. The molecule has 0 saturated carbocycles. The molecule has 2 aromatic carbocycles. The van der Waals surface area contributed by atoms with Crippen LogP contribution >= 0.6 is 12.2 Å². The second-order valence-corrected chi connectivity index (χ2v) is 5.39. The predicted molar refractivity (Wildman–Crippen MR) is 90.5 cm³/mol. The average Bonchev–Trinajstić information content (AvgIpc) is 2.45. The van der Waals surface area contributed by atoms with E-state index in [1.807, 2.05) is 37.3 Å².